The topological polar surface area (TPSA) is 64.9 Å². The SMILES string of the molecule is N[C@@H](Cc1nc(C(F)(F)F)no1)C(F)(F)F. The van der Waals surface area contributed by atoms with Crippen LogP contribution in [0.3, 0.4) is 0 Å². The van der Waals surface area contributed by atoms with Crippen molar-refractivity contribution in [3.63, 3.8) is 0 Å². The molecule has 0 aliphatic rings. The smallest absolute Gasteiger partial charge is 0.339 e. The van der Waals surface area contributed by atoms with Gasteiger partial charge in [-0.05, 0) is 0 Å². The third-order valence-electron chi connectivity index (χ3n) is 1.54. The molecule has 0 aliphatic heterocycles. The first-order chi connectivity index (χ1) is 7.10. The number of aromatic nitrogens is 2. The van der Waals surface area contributed by atoms with E-state index in [1.54, 1.807) is 0 Å². The van der Waals surface area contributed by atoms with Gasteiger partial charge >= 0.3 is 12.4 Å². The molecule has 10 heteroatoms. The standard InChI is InChI=1S/C6H5F6N3O/c7-5(8,9)2(13)1-3-14-4(15-16-3)6(10,11)12/h2H,1,13H2/t2-/m0/s1. The maximum absolute atomic E-state index is 11.9. The van der Waals surface area contributed by atoms with Gasteiger partial charge in [-0.1, -0.05) is 5.16 Å². The third-order valence-corrected chi connectivity index (χ3v) is 1.54. The average Bonchev–Trinajstić information content (AvgIpc) is 2.49. The molecule has 1 rings (SSSR count). The van der Waals surface area contributed by atoms with Gasteiger partial charge in [-0.3, -0.25) is 0 Å². The Labute approximate surface area is 84.4 Å². The van der Waals surface area contributed by atoms with Gasteiger partial charge in [0.15, 0.2) is 0 Å². The van der Waals surface area contributed by atoms with Crippen LogP contribution in [0, 0.1) is 0 Å². The molecule has 0 unspecified atom stereocenters. The highest BCUT2D eigenvalue weighted by Crippen LogP contribution is 2.27. The summed E-state index contributed by atoms with van der Waals surface area (Å²) in [7, 11) is 0. The molecule has 16 heavy (non-hydrogen) atoms. The van der Waals surface area contributed by atoms with E-state index in [-0.39, 0.29) is 0 Å². The van der Waals surface area contributed by atoms with Crippen molar-refractivity contribution in [1.82, 2.24) is 10.1 Å². The Morgan fingerprint density at radius 1 is 1.19 bits per heavy atom. The monoisotopic (exact) mass is 249 g/mol. The zero-order chi connectivity index (χ0) is 12.6. The number of nitrogens with zero attached hydrogens (tertiary/aromatic N) is 2. The molecule has 0 fully saturated rings. The molecule has 1 aromatic rings. The first-order valence-corrected chi connectivity index (χ1v) is 3.83. The molecule has 1 aromatic heterocycles. The zero-order valence-corrected chi connectivity index (χ0v) is 7.43. The number of hydrogen-bond donors (Lipinski definition) is 1. The van der Waals surface area contributed by atoms with Crippen LogP contribution in [-0.4, -0.2) is 22.4 Å². The van der Waals surface area contributed by atoms with Gasteiger partial charge in [0.1, 0.15) is 6.04 Å². The van der Waals surface area contributed by atoms with Crippen molar-refractivity contribution in [1.29, 1.82) is 0 Å². The fourth-order valence-corrected chi connectivity index (χ4v) is 0.757. The molecule has 4 nitrogen and oxygen atoms in total. The van der Waals surface area contributed by atoms with Crippen LogP contribution in [0.25, 0.3) is 0 Å². The summed E-state index contributed by atoms with van der Waals surface area (Å²) in [5.74, 6) is -2.44. The Morgan fingerprint density at radius 3 is 2.12 bits per heavy atom. The van der Waals surface area contributed by atoms with Crippen molar-refractivity contribution in [3.05, 3.63) is 11.7 Å². The quantitative estimate of drug-likeness (QED) is 0.807. The third kappa shape index (κ3) is 3.08. The summed E-state index contributed by atoms with van der Waals surface area (Å²) in [6, 6.07) is -2.34. The van der Waals surface area contributed by atoms with Gasteiger partial charge in [-0.25, -0.2) is 0 Å². The van der Waals surface area contributed by atoms with Crippen LogP contribution in [0.5, 0.6) is 0 Å². The number of alkyl halides is 6. The Morgan fingerprint density at radius 2 is 1.75 bits per heavy atom. The van der Waals surface area contributed by atoms with E-state index in [0.29, 0.717) is 0 Å². The summed E-state index contributed by atoms with van der Waals surface area (Å²) in [4.78, 5) is 2.75. The van der Waals surface area contributed by atoms with Crippen LogP contribution < -0.4 is 5.73 Å². The van der Waals surface area contributed by atoms with E-state index in [4.69, 9.17) is 0 Å². The van der Waals surface area contributed by atoms with Gasteiger partial charge in [0, 0.05) is 0 Å². The Bertz CT molecular complexity index is 356. The highest BCUT2D eigenvalue weighted by atomic mass is 19.4. The summed E-state index contributed by atoms with van der Waals surface area (Å²) < 4.78 is 75.6. The molecule has 0 saturated heterocycles. The van der Waals surface area contributed by atoms with Gasteiger partial charge in [-0.15, -0.1) is 0 Å². The molecule has 92 valence electrons. The highest BCUT2D eigenvalue weighted by molar-refractivity contribution is 4.93. The van der Waals surface area contributed by atoms with Gasteiger partial charge in [0.05, 0.1) is 6.42 Å². The second kappa shape index (κ2) is 3.92. The van der Waals surface area contributed by atoms with Gasteiger partial charge in [0.25, 0.3) is 5.82 Å². The van der Waals surface area contributed by atoms with E-state index >= 15 is 0 Å². The predicted molar refractivity (Wildman–Crippen MR) is 37.0 cm³/mol. The normalized spacial score (nSPS) is 15.2. The van der Waals surface area contributed by atoms with Gasteiger partial charge in [0.2, 0.25) is 5.89 Å². The lowest BCUT2D eigenvalue weighted by atomic mass is 10.2. The van der Waals surface area contributed by atoms with E-state index in [1.165, 1.54) is 0 Å². The Balaban J connectivity index is 2.74. The summed E-state index contributed by atoms with van der Waals surface area (Å²) >= 11 is 0. The summed E-state index contributed by atoms with van der Waals surface area (Å²) in [5, 5.41) is 2.49. The van der Waals surface area contributed by atoms with Crippen LogP contribution >= 0.6 is 0 Å². The predicted octanol–water partition coefficient (Wildman–Crippen LogP) is 1.52. The van der Waals surface area contributed by atoms with Gasteiger partial charge in [-0.2, -0.15) is 31.3 Å². The minimum Gasteiger partial charge on any atom is -0.339 e. The molecule has 1 heterocycles. The Hall–Kier alpha value is -1.32. The molecule has 0 amide bonds. The molecule has 0 aliphatic carbocycles. The summed E-state index contributed by atoms with van der Waals surface area (Å²) in [6.45, 7) is 0. The zero-order valence-electron chi connectivity index (χ0n) is 7.43. The lowest BCUT2D eigenvalue weighted by molar-refractivity contribution is -0.148. The maximum atomic E-state index is 11.9. The molecular formula is C6H5F6N3O. The first-order valence-electron chi connectivity index (χ1n) is 3.83. The molecule has 0 aromatic carbocycles. The summed E-state index contributed by atoms with van der Waals surface area (Å²) in [6.07, 6.45) is -10.6. The molecule has 1 atom stereocenters. The van der Waals surface area contributed by atoms with E-state index in [1.807, 2.05) is 0 Å². The van der Waals surface area contributed by atoms with Crippen LogP contribution in [0.15, 0.2) is 4.52 Å². The number of hydrogen-bond acceptors (Lipinski definition) is 4. The first kappa shape index (κ1) is 12.7. The van der Waals surface area contributed by atoms with Crippen molar-refractivity contribution in [2.45, 2.75) is 24.8 Å². The largest absolute Gasteiger partial charge is 0.455 e. The molecule has 0 saturated carbocycles. The second-order valence-corrected chi connectivity index (χ2v) is 2.86. The number of nitrogens with two attached hydrogens (primary N) is 1. The van der Waals surface area contributed by atoms with E-state index in [2.05, 4.69) is 20.4 Å². The summed E-state index contributed by atoms with van der Waals surface area (Å²) in [5.41, 5.74) is 4.67. The maximum Gasteiger partial charge on any atom is 0.455 e. The molecular weight excluding hydrogens is 244 g/mol. The van der Waals surface area contributed by atoms with Crippen LogP contribution in [0.1, 0.15) is 11.7 Å². The molecule has 0 radical (unpaired) electrons. The van der Waals surface area contributed by atoms with Crippen LogP contribution in [0.4, 0.5) is 26.3 Å². The number of halogens is 6. The minimum atomic E-state index is -4.86. The van der Waals surface area contributed by atoms with Crippen LogP contribution in [-0.2, 0) is 12.6 Å². The lowest BCUT2D eigenvalue weighted by Gasteiger charge is -2.12. The van der Waals surface area contributed by atoms with E-state index in [0.717, 1.165) is 0 Å². The highest BCUT2D eigenvalue weighted by Gasteiger charge is 2.40. The van der Waals surface area contributed by atoms with E-state index in [9.17, 15) is 26.3 Å². The second-order valence-electron chi connectivity index (χ2n) is 2.86. The molecule has 2 N–H and O–H groups in total. The van der Waals surface area contributed by atoms with Crippen LogP contribution in [0.2, 0.25) is 0 Å². The van der Waals surface area contributed by atoms with Crippen molar-refractivity contribution in [2.75, 3.05) is 0 Å². The Kier molecular flexibility index (Phi) is 3.13. The molecule has 0 spiro atoms. The fourth-order valence-electron chi connectivity index (χ4n) is 0.757. The van der Waals surface area contributed by atoms with Crippen molar-refractivity contribution < 1.29 is 30.9 Å². The fraction of sp³-hybridized carbons (Fsp3) is 0.667. The average molecular weight is 249 g/mol. The van der Waals surface area contributed by atoms with Crippen molar-refractivity contribution in [2.24, 2.45) is 5.73 Å². The lowest BCUT2D eigenvalue weighted by Crippen LogP contribution is -2.39. The van der Waals surface area contributed by atoms with Crippen molar-refractivity contribution >= 4 is 0 Å². The minimum absolute atomic E-state index is 0.808. The van der Waals surface area contributed by atoms with Crippen molar-refractivity contribution in [3.8, 4) is 0 Å². The molecule has 0 bridgehead atoms. The van der Waals surface area contributed by atoms with E-state index < -0.39 is 36.5 Å². The number of rotatable bonds is 2. The van der Waals surface area contributed by atoms with Gasteiger partial charge < -0.3 is 10.3 Å².